The van der Waals surface area contributed by atoms with Crippen molar-refractivity contribution in [3.63, 3.8) is 0 Å². The second-order valence-electron chi connectivity index (χ2n) is 12.4. The lowest BCUT2D eigenvalue weighted by atomic mass is 9.39. The van der Waals surface area contributed by atoms with Crippen molar-refractivity contribution in [1.29, 1.82) is 0 Å². The summed E-state index contributed by atoms with van der Waals surface area (Å²) in [4.78, 5) is 41.3. The van der Waals surface area contributed by atoms with E-state index >= 15 is 0 Å². The van der Waals surface area contributed by atoms with Gasteiger partial charge >= 0.3 is 11.9 Å². The van der Waals surface area contributed by atoms with Crippen LogP contribution in [0.25, 0.3) is 0 Å². The van der Waals surface area contributed by atoms with Crippen LogP contribution >= 0.6 is 0 Å². The number of hydrogen-bond donors (Lipinski definition) is 2. The Morgan fingerprint density at radius 1 is 1.19 bits per heavy atom. The lowest BCUT2D eigenvalue weighted by molar-refractivity contribution is -0.371. The Kier molecular flexibility index (Phi) is 7.34. The van der Waals surface area contributed by atoms with E-state index in [0.29, 0.717) is 19.4 Å². The van der Waals surface area contributed by atoms with E-state index in [2.05, 4.69) is 6.58 Å². The molecular formula is C27H43NO8. The lowest BCUT2D eigenvalue weighted by Crippen LogP contribution is -2.87. The molecule has 2 N–H and O–H groups in total. The van der Waals surface area contributed by atoms with Crippen LogP contribution in [0.4, 0.5) is 0 Å². The third kappa shape index (κ3) is 4.12. The normalized spacial score (nSPS) is 43.8. The molecule has 0 aromatic carbocycles. The first-order valence-electron chi connectivity index (χ1n) is 12.7. The number of fused-ring (bicyclic) bond motifs is 3. The van der Waals surface area contributed by atoms with Gasteiger partial charge in [-0.2, -0.15) is 0 Å². The molecule has 1 heterocycles. The first-order chi connectivity index (χ1) is 16.4. The molecule has 0 bridgehead atoms. The molecule has 3 aliphatic rings. The van der Waals surface area contributed by atoms with Crippen molar-refractivity contribution in [2.24, 2.45) is 16.7 Å². The topological polar surface area (TPSA) is 123 Å². The number of carbonyl (C=O) groups is 3. The third-order valence-corrected chi connectivity index (χ3v) is 9.03. The number of ether oxygens (including phenoxy) is 3. The van der Waals surface area contributed by atoms with E-state index in [9.17, 15) is 24.6 Å². The summed E-state index contributed by atoms with van der Waals surface area (Å²) in [5.74, 6) is -2.43. The number of nitrogens with zero attached hydrogens (tertiary/aromatic N) is 1. The first kappa shape index (κ1) is 28.8. The van der Waals surface area contributed by atoms with Crippen LogP contribution in [0.5, 0.6) is 0 Å². The lowest BCUT2D eigenvalue weighted by Gasteiger charge is -2.71. The summed E-state index contributed by atoms with van der Waals surface area (Å²) in [5, 5.41) is 24.0. The molecule has 2 saturated carbocycles. The van der Waals surface area contributed by atoms with Crippen molar-refractivity contribution >= 4 is 17.7 Å². The molecule has 3 rings (SSSR count). The fraction of sp³-hybridized carbons (Fsp3) is 0.815. The molecule has 9 nitrogen and oxygen atoms in total. The molecule has 3 fully saturated rings. The van der Waals surface area contributed by atoms with E-state index < -0.39 is 69.6 Å². The van der Waals surface area contributed by atoms with Gasteiger partial charge in [0.05, 0.1) is 18.1 Å². The Morgan fingerprint density at radius 2 is 1.81 bits per heavy atom. The third-order valence-electron chi connectivity index (χ3n) is 9.03. The molecule has 0 amide bonds. The van der Waals surface area contributed by atoms with E-state index in [1.807, 2.05) is 32.8 Å². The zero-order chi connectivity index (χ0) is 27.5. The number of rotatable bonds is 6. The molecule has 204 valence electrons. The van der Waals surface area contributed by atoms with E-state index in [0.717, 1.165) is 0 Å². The van der Waals surface area contributed by atoms with E-state index in [1.165, 1.54) is 19.9 Å². The summed E-state index contributed by atoms with van der Waals surface area (Å²) in [5.41, 5.74) is -7.31. The zero-order valence-electron chi connectivity index (χ0n) is 22.9. The van der Waals surface area contributed by atoms with Gasteiger partial charge in [-0.1, -0.05) is 26.8 Å². The maximum Gasteiger partial charge on any atom is 0.307 e. The highest BCUT2D eigenvalue weighted by molar-refractivity contribution is 5.92. The monoisotopic (exact) mass is 509 g/mol. The van der Waals surface area contributed by atoms with Crippen LogP contribution < -0.4 is 0 Å². The molecule has 36 heavy (non-hydrogen) atoms. The smallest absolute Gasteiger partial charge is 0.307 e. The maximum atomic E-state index is 13.9. The summed E-state index contributed by atoms with van der Waals surface area (Å²) in [6.07, 6.45) is -1.19. The molecular weight excluding hydrogens is 466 g/mol. The number of carbonyl (C=O) groups excluding carboxylic acids is 3. The van der Waals surface area contributed by atoms with E-state index in [4.69, 9.17) is 14.2 Å². The van der Waals surface area contributed by atoms with Gasteiger partial charge in [-0.05, 0) is 46.2 Å². The van der Waals surface area contributed by atoms with Gasteiger partial charge < -0.3 is 29.3 Å². The summed E-state index contributed by atoms with van der Waals surface area (Å²) >= 11 is 0. The SMILES string of the molecule is C=C[C@@]1(C)CC(=O)[C@]2(O)[C@@]3(C)[C@@H](O)CCC(C)(C)[C@@H]3[C@H](OC(=O)CCN(C)C)[C@H](OC(C)=O)[C@@]2(C)O1. The highest BCUT2D eigenvalue weighted by Gasteiger charge is 2.82. The average molecular weight is 510 g/mol. The Bertz CT molecular complexity index is 933. The molecule has 0 unspecified atom stereocenters. The van der Waals surface area contributed by atoms with Crippen LogP contribution in [0.2, 0.25) is 0 Å². The summed E-state index contributed by atoms with van der Waals surface area (Å²) in [6, 6.07) is 0. The van der Waals surface area contributed by atoms with Gasteiger partial charge in [0, 0.05) is 31.2 Å². The minimum Gasteiger partial charge on any atom is -0.458 e. The van der Waals surface area contributed by atoms with E-state index in [1.54, 1.807) is 13.8 Å². The predicted octanol–water partition coefficient (Wildman–Crippen LogP) is 2.02. The second-order valence-corrected chi connectivity index (χ2v) is 12.4. The van der Waals surface area contributed by atoms with Crippen LogP contribution in [0, 0.1) is 16.7 Å². The minimum absolute atomic E-state index is 0.0911. The average Bonchev–Trinajstić information content (AvgIpc) is 2.75. The van der Waals surface area contributed by atoms with Crippen LogP contribution in [-0.2, 0) is 28.6 Å². The van der Waals surface area contributed by atoms with Crippen molar-refractivity contribution in [3.8, 4) is 0 Å². The zero-order valence-corrected chi connectivity index (χ0v) is 22.9. The Morgan fingerprint density at radius 3 is 2.33 bits per heavy atom. The molecule has 0 radical (unpaired) electrons. The molecule has 1 saturated heterocycles. The fourth-order valence-corrected chi connectivity index (χ4v) is 7.27. The standard InChI is InChI=1S/C27H43NO8/c1-10-24(5)15-18(31)27(33)25(6)17(30)11-13-23(3,4)21(25)20(35-19(32)12-14-28(8)9)22(34-16(2)29)26(27,7)36-24/h10,17,20-22,30,33H,1,11-15H2,2-9H3/t17-,20-,21-,22-,24-,25-,26+,27-/m0/s1. The molecule has 0 spiro atoms. The van der Waals surface area contributed by atoms with E-state index in [-0.39, 0.29) is 12.8 Å². The van der Waals surface area contributed by atoms with Crippen LogP contribution in [-0.4, -0.2) is 88.6 Å². The molecule has 9 heteroatoms. The predicted molar refractivity (Wildman–Crippen MR) is 132 cm³/mol. The first-order valence-corrected chi connectivity index (χ1v) is 12.7. The fourth-order valence-electron chi connectivity index (χ4n) is 7.27. The Labute approximate surface area is 214 Å². The van der Waals surface area contributed by atoms with Crippen LogP contribution in [0.15, 0.2) is 12.7 Å². The maximum absolute atomic E-state index is 13.9. The van der Waals surface area contributed by atoms with Gasteiger partial charge in [0.15, 0.2) is 17.5 Å². The minimum atomic E-state index is -2.24. The number of aliphatic hydroxyl groups is 2. The van der Waals surface area contributed by atoms with Crippen molar-refractivity contribution < 1.29 is 38.8 Å². The Hall–Kier alpha value is -1.81. The molecule has 2 aliphatic carbocycles. The molecule has 0 aromatic heterocycles. The number of aliphatic hydroxyl groups excluding tert-OH is 1. The second kappa shape index (κ2) is 9.19. The number of esters is 2. The van der Waals surface area contributed by atoms with Gasteiger partial charge in [0.25, 0.3) is 0 Å². The van der Waals surface area contributed by atoms with Crippen molar-refractivity contribution in [2.75, 3.05) is 20.6 Å². The van der Waals surface area contributed by atoms with Crippen molar-refractivity contribution in [2.45, 2.75) is 102 Å². The van der Waals surface area contributed by atoms with Crippen LogP contribution in [0.3, 0.4) is 0 Å². The highest BCUT2D eigenvalue weighted by Crippen LogP contribution is 2.67. The van der Waals surface area contributed by atoms with Crippen molar-refractivity contribution in [1.82, 2.24) is 4.90 Å². The highest BCUT2D eigenvalue weighted by atomic mass is 16.6. The molecule has 1 aliphatic heterocycles. The molecule has 0 aromatic rings. The molecule has 8 atom stereocenters. The van der Waals surface area contributed by atoms with Gasteiger partial charge in [0.1, 0.15) is 11.7 Å². The summed E-state index contributed by atoms with van der Waals surface area (Å²) < 4.78 is 18.4. The Balaban J connectivity index is 2.29. The summed E-state index contributed by atoms with van der Waals surface area (Å²) in [6.45, 7) is 14.2. The van der Waals surface area contributed by atoms with Gasteiger partial charge in [0.2, 0.25) is 0 Å². The van der Waals surface area contributed by atoms with Gasteiger partial charge in [-0.15, -0.1) is 6.58 Å². The number of hydrogen-bond acceptors (Lipinski definition) is 9. The quantitative estimate of drug-likeness (QED) is 0.409. The van der Waals surface area contributed by atoms with Crippen LogP contribution in [0.1, 0.15) is 67.2 Å². The largest absolute Gasteiger partial charge is 0.458 e. The van der Waals surface area contributed by atoms with Gasteiger partial charge in [-0.25, -0.2) is 0 Å². The summed E-state index contributed by atoms with van der Waals surface area (Å²) in [7, 11) is 3.68. The van der Waals surface area contributed by atoms with Crippen molar-refractivity contribution in [3.05, 3.63) is 12.7 Å². The number of Topliss-reactive ketones (excluding diaryl/α,β-unsaturated/α-hetero) is 1. The number of ketones is 1. The van der Waals surface area contributed by atoms with Gasteiger partial charge in [-0.3, -0.25) is 14.4 Å².